The maximum atomic E-state index is 12.6. The molecule has 0 radical (unpaired) electrons. The third-order valence-corrected chi connectivity index (χ3v) is 5.56. The van der Waals surface area contributed by atoms with E-state index in [0.717, 1.165) is 17.7 Å². The molecule has 1 saturated heterocycles. The Kier molecular flexibility index (Phi) is 4.78. The number of aliphatic carboxylic acids is 1. The first kappa shape index (κ1) is 15.5. The van der Waals surface area contributed by atoms with Gasteiger partial charge in [-0.3, -0.25) is 4.79 Å². The Morgan fingerprint density at radius 3 is 2.77 bits per heavy atom. The van der Waals surface area contributed by atoms with Gasteiger partial charge in [-0.2, -0.15) is 0 Å². The maximum absolute atomic E-state index is 12.6. The molecule has 0 aromatic carbocycles. The molecule has 2 aliphatic rings. The summed E-state index contributed by atoms with van der Waals surface area (Å²) in [6.07, 6.45) is 6.13. The fourth-order valence-corrected chi connectivity index (χ4v) is 4.31. The standard InChI is InChI=1S/C16H21NO4S/c18-15(17-7-8-21-12(10-17)16(19)20)14-9-11-5-3-1-2-4-6-13(11)22-14/h9,12H,1-8,10H2,(H,19,20). The third kappa shape index (κ3) is 3.33. The molecule has 1 aromatic heterocycles. The van der Waals surface area contributed by atoms with Crippen molar-refractivity contribution in [1.29, 1.82) is 0 Å². The van der Waals surface area contributed by atoms with E-state index in [2.05, 4.69) is 0 Å². The van der Waals surface area contributed by atoms with E-state index in [4.69, 9.17) is 9.84 Å². The van der Waals surface area contributed by atoms with Gasteiger partial charge in [0.05, 0.1) is 18.0 Å². The van der Waals surface area contributed by atoms with Crippen LogP contribution >= 0.6 is 11.3 Å². The van der Waals surface area contributed by atoms with Gasteiger partial charge in [-0.15, -0.1) is 11.3 Å². The van der Waals surface area contributed by atoms with E-state index >= 15 is 0 Å². The monoisotopic (exact) mass is 323 g/mol. The molecule has 0 saturated carbocycles. The second-order valence-electron chi connectivity index (χ2n) is 5.92. The van der Waals surface area contributed by atoms with Crippen LogP contribution in [0.15, 0.2) is 6.07 Å². The van der Waals surface area contributed by atoms with Crippen molar-refractivity contribution in [3.05, 3.63) is 21.4 Å². The molecule has 0 bridgehead atoms. The summed E-state index contributed by atoms with van der Waals surface area (Å²) < 4.78 is 5.18. The quantitative estimate of drug-likeness (QED) is 0.907. The average Bonchev–Trinajstić information content (AvgIpc) is 2.89. The van der Waals surface area contributed by atoms with E-state index in [1.54, 1.807) is 16.2 Å². The fraction of sp³-hybridized carbons (Fsp3) is 0.625. The van der Waals surface area contributed by atoms with Gasteiger partial charge in [0.1, 0.15) is 0 Å². The van der Waals surface area contributed by atoms with Gasteiger partial charge in [-0.25, -0.2) is 4.79 Å². The number of hydrogen-bond acceptors (Lipinski definition) is 4. The molecule has 1 atom stereocenters. The Morgan fingerprint density at radius 2 is 2.00 bits per heavy atom. The Bertz CT molecular complexity index is 543. The highest BCUT2D eigenvalue weighted by Gasteiger charge is 2.30. The number of carboxylic acids is 1. The fourth-order valence-electron chi connectivity index (χ4n) is 3.09. The first-order chi connectivity index (χ1) is 10.6. The summed E-state index contributed by atoms with van der Waals surface area (Å²) in [5.41, 5.74) is 1.32. The van der Waals surface area contributed by atoms with Crippen molar-refractivity contribution in [2.45, 2.75) is 44.6 Å². The molecule has 0 spiro atoms. The van der Waals surface area contributed by atoms with Crippen molar-refractivity contribution in [3.63, 3.8) is 0 Å². The summed E-state index contributed by atoms with van der Waals surface area (Å²) in [6.45, 7) is 0.885. The molecule has 1 amide bonds. The summed E-state index contributed by atoms with van der Waals surface area (Å²) in [5, 5.41) is 9.04. The number of thiophene rings is 1. The zero-order chi connectivity index (χ0) is 15.5. The minimum Gasteiger partial charge on any atom is -0.479 e. The number of fused-ring (bicyclic) bond motifs is 1. The van der Waals surface area contributed by atoms with Crippen LogP contribution in [0.25, 0.3) is 0 Å². The first-order valence-corrected chi connectivity index (χ1v) is 8.72. The van der Waals surface area contributed by atoms with E-state index in [-0.39, 0.29) is 19.1 Å². The van der Waals surface area contributed by atoms with Crippen LogP contribution in [0.2, 0.25) is 0 Å². The molecule has 1 aromatic rings. The van der Waals surface area contributed by atoms with Gasteiger partial charge in [0.15, 0.2) is 6.10 Å². The molecule has 1 fully saturated rings. The maximum Gasteiger partial charge on any atom is 0.334 e. The molecule has 1 aliphatic heterocycles. The Morgan fingerprint density at radius 1 is 1.23 bits per heavy atom. The highest BCUT2D eigenvalue weighted by molar-refractivity contribution is 7.14. The summed E-state index contributed by atoms with van der Waals surface area (Å²) in [7, 11) is 0. The van der Waals surface area contributed by atoms with Crippen LogP contribution in [-0.2, 0) is 22.4 Å². The van der Waals surface area contributed by atoms with Crippen molar-refractivity contribution in [1.82, 2.24) is 4.90 Å². The Labute approximate surface area is 133 Å². The Hall–Kier alpha value is -1.40. The largest absolute Gasteiger partial charge is 0.479 e. The van der Waals surface area contributed by atoms with Crippen molar-refractivity contribution >= 4 is 23.2 Å². The number of hydrogen-bond donors (Lipinski definition) is 1. The van der Waals surface area contributed by atoms with E-state index < -0.39 is 12.1 Å². The summed E-state index contributed by atoms with van der Waals surface area (Å²) >= 11 is 1.59. The van der Waals surface area contributed by atoms with Gasteiger partial charge in [0.2, 0.25) is 0 Å². The SMILES string of the molecule is O=C(O)C1CN(C(=O)c2cc3c(s2)CCCCCC3)CCO1. The van der Waals surface area contributed by atoms with Gasteiger partial charge in [-0.1, -0.05) is 12.8 Å². The number of morpholine rings is 1. The zero-order valence-corrected chi connectivity index (χ0v) is 13.4. The van der Waals surface area contributed by atoms with Crippen LogP contribution < -0.4 is 0 Å². The van der Waals surface area contributed by atoms with Gasteiger partial charge in [0, 0.05) is 11.4 Å². The number of nitrogens with zero attached hydrogens (tertiary/aromatic N) is 1. The molecular formula is C16H21NO4S. The number of carboxylic acid groups (broad SMARTS) is 1. The van der Waals surface area contributed by atoms with E-state index in [1.807, 2.05) is 6.07 Å². The highest BCUT2D eigenvalue weighted by Crippen LogP contribution is 2.29. The van der Waals surface area contributed by atoms with E-state index in [1.165, 1.54) is 36.1 Å². The topological polar surface area (TPSA) is 66.8 Å². The zero-order valence-electron chi connectivity index (χ0n) is 12.5. The third-order valence-electron chi connectivity index (χ3n) is 4.34. The van der Waals surface area contributed by atoms with Gasteiger partial charge >= 0.3 is 5.97 Å². The van der Waals surface area contributed by atoms with Gasteiger partial charge < -0.3 is 14.7 Å². The molecule has 120 valence electrons. The molecule has 1 aliphatic carbocycles. The second-order valence-corrected chi connectivity index (χ2v) is 7.06. The molecule has 6 heteroatoms. The molecule has 22 heavy (non-hydrogen) atoms. The molecular weight excluding hydrogens is 302 g/mol. The first-order valence-electron chi connectivity index (χ1n) is 7.90. The number of ether oxygens (including phenoxy) is 1. The van der Waals surface area contributed by atoms with Crippen LogP contribution in [0.1, 0.15) is 45.8 Å². The number of carbonyl (C=O) groups excluding carboxylic acids is 1. The predicted octanol–water partition coefficient (Wildman–Crippen LogP) is 2.33. The van der Waals surface area contributed by atoms with Crippen molar-refractivity contribution in [2.24, 2.45) is 0 Å². The smallest absolute Gasteiger partial charge is 0.334 e. The van der Waals surface area contributed by atoms with Crippen LogP contribution in [0.3, 0.4) is 0 Å². The average molecular weight is 323 g/mol. The molecule has 5 nitrogen and oxygen atoms in total. The normalized spacial score (nSPS) is 22.5. The number of amides is 1. The predicted molar refractivity (Wildman–Crippen MR) is 83.5 cm³/mol. The van der Waals surface area contributed by atoms with Crippen molar-refractivity contribution < 1.29 is 19.4 Å². The lowest BCUT2D eigenvalue weighted by molar-refractivity contribution is -0.154. The second kappa shape index (κ2) is 6.79. The molecule has 3 rings (SSSR count). The summed E-state index contributed by atoms with van der Waals surface area (Å²) in [6, 6.07) is 2.03. The number of carbonyl (C=O) groups is 2. The van der Waals surface area contributed by atoms with Crippen molar-refractivity contribution in [2.75, 3.05) is 19.7 Å². The lowest BCUT2D eigenvalue weighted by Crippen LogP contribution is -2.48. The van der Waals surface area contributed by atoms with Crippen LogP contribution in [0.4, 0.5) is 0 Å². The van der Waals surface area contributed by atoms with E-state index in [9.17, 15) is 9.59 Å². The van der Waals surface area contributed by atoms with E-state index in [0.29, 0.717) is 6.54 Å². The lowest BCUT2D eigenvalue weighted by Gasteiger charge is -2.30. The van der Waals surface area contributed by atoms with Crippen LogP contribution in [0, 0.1) is 0 Å². The van der Waals surface area contributed by atoms with Gasteiger partial charge in [0.25, 0.3) is 5.91 Å². The molecule has 2 heterocycles. The number of rotatable bonds is 2. The van der Waals surface area contributed by atoms with Crippen LogP contribution in [-0.4, -0.2) is 47.7 Å². The molecule has 1 unspecified atom stereocenters. The summed E-state index contributed by atoms with van der Waals surface area (Å²) in [5.74, 6) is -1.05. The minimum atomic E-state index is -1.00. The molecule has 1 N–H and O–H groups in total. The minimum absolute atomic E-state index is 0.0497. The van der Waals surface area contributed by atoms with Crippen LogP contribution in [0.5, 0.6) is 0 Å². The summed E-state index contributed by atoms with van der Waals surface area (Å²) in [4.78, 5) is 27.4. The van der Waals surface area contributed by atoms with Crippen molar-refractivity contribution in [3.8, 4) is 0 Å². The lowest BCUT2D eigenvalue weighted by atomic mass is 10.00. The number of aryl methyl sites for hydroxylation is 2. The van der Waals surface area contributed by atoms with Gasteiger partial charge in [-0.05, 0) is 37.3 Å². The Balaban J connectivity index is 1.74. The highest BCUT2D eigenvalue weighted by atomic mass is 32.1.